The average Bonchev–Trinajstić information content (AvgIpc) is 2.29. The summed E-state index contributed by atoms with van der Waals surface area (Å²) in [6.45, 7) is 4.65. The molecular formula is C12H25N3O. The Kier molecular flexibility index (Phi) is 5.60. The van der Waals surface area contributed by atoms with Gasteiger partial charge in [0, 0.05) is 12.1 Å². The van der Waals surface area contributed by atoms with Crippen LogP contribution in [0.5, 0.6) is 0 Å². The van der Waals surface area contributed by atoms with Crippen molar-refractivity contribution in [3.05, 3.63) is 0 Å². The molecule has 0 radical (unpaired) electrons. The van der Waals surface area contributed by atoms with E-state index in [4.69, 9.17) is 5.73 Å². The summed E-state index contributed by atoms with van der Waals surface area (Å²) in [5, 5.41) is 5.99. The van der Waals surface area contributed by atoms with Gasteiger partial charge in [0.05, 0.1) is 0 Å². The second-order valence-electron chi connectivity index (χ2n) is 4.95. The summed E-state index contributed by atoms with van der Waals surface area (Å²) in [7, 11) is 0. The molecule has 0 spiro atoms. The van der Waals surface area contributed by atoms with Crippen molar-refractivity contribution in [2.24, 2.45) is 11.7 Å². The predicted molar refractivity (Wildman–Crippen MR) is 66.2 cm³/mol. The van der Waals surface area contributed by atoms with E-state index >= 15 is 0 Å². The molecule has 0 heterocycles. The molecule has 1 fully saturated rings. The fourth-order valence-corrected chi connectivity index (χ4v) is 2.03. The third kappa shape index (κ3) is 4.39. The molecule has 4 nitrogen and oxygen atoms in total. The molecule has 16 heavy (non-hydrogen) atoms. The highest BCUT2D eigenvalue weighted by Crippen LogP contribution is 2.17. The minimum Gasteiger partial charge on any atom is -0.335 e. The molecule has 4 heteroatoms. The number of carbonyl (C=O) groups is 1. The molecule has 0 bridgehead atoms. The van der Waals surface area contributed by atoms with Crippen LogP contribution in [0.4, 0.5) is 4.79 Å². The van der Waals surface area contributed by atoms with E-state index in [1.807, 2.05) is 13.8 Å². The van der Waals surface area contributed by atoms with E-state index in [-0.39, 0.29) is 12.1 Å². The molecule has 0 aromatic carbocycles. The largest absolute Gasteiger partial charge is 0.335 e. The van der Waals surface area contributed by atoms with Gasteiger partial charge in [0.25, 0.3) is 0 Å². The lowest BCUT2D eigenvalue weighted by atomic mass is 9.96. The smallest absolute Gasteiger partial charge is 0.315 e. The summed E-state index contributed by atoms with van der Waals surface area (Å²) in [5.41, 5.74) is 5.56. The van der Waals surface area contributed by atoms with E-state index in [0.29, 0.717) is 18.5 Å². The van der Waals surface area contributed by atoms with Gasteiger partial charge in [0.15, 0.2) is 0 Å². The van der Waals surface area contributed by atoms with E-state index in [0.717, 1.165) is 12.8 Å². The molecule has 0 aromatic heterocycles. The zero-order chi connectivity index (χ0) is 12.0. The zero-order valence-corrected chi connectivity index (χ0v) is 10.5. The number of amides is 2. The van der Waals surface area contributed by atoms with Gasteiger partial charge in [-0.3, -0.25) is 0 Å². The van der Waals surface area contributed by atoms with Crippen LogP contribution in [0.25, 0.3) is 0 Å². The molecule has 94 valence electrons. The Morgan fingerprint density at radius 2 is 1.94 bits per heavy atom. The van der Waals surface area contributed by atoms with Gasteiger partial charge < -0.3 is 16.4 Å². The standard InChI is InChI=1S/C12H25N3O/c1-9(8-13)10(2)14-12(16)15-11-6-4-3-5-7-11/h9-11H,3-8,13H2,1-2H3,(H2,14,15,16). The molecule has 4 N–H and O–H groups in total. The number of hydrogen-bond donors (Lipinski definition) is 3. The van der Waals surface area contributed by atoms with E-state index in [9.17, 15) is 4.79 Å². The van der Waals surface area contributed by atoms with Crippen LogP contribution in [-0.4, -0.2) is 24.7 Å². The highest BCUT2D eigenvalue weighted by atomic mass is 16.2. The molecule has 1 saturated carbocycles. The molecule has 1 aliphatic rings. The topological polar surface area (TPSA) is 67.1 Å². The second-order valence-corrected chi connectivity index (χ2v) is 4.95. The van der Waals surface area contributed by atoms with Gasteiger partial charge in [0.1, 0.15) is 0 Å². The van der Waals surface area contributed by atoms with Crippen LogP contribution >= 0.6 is 0 Å². The van der Waals surface area contributed by atoms with E-state index in [2.05, 4.69) is 10.6 Å². The van der Waals surface area contributed by atoms with Crippen molar-refractivity contribution in [1.29, 1.82) is 0 Å². The highest BCUT2D eigenvalue weighted by Gasteiger charge is 2.18. The van der Waals surface area contributed by atoms with Crippen molar-refractivity contribution < 1.29 is 4.79 Å². The van der Waals surface area contributed by atoms with Gasteiger partial charge in [-0.15, -0.1) is 0 Å². The number of hydrogen-bond acceptors (Lipinski definition) is 2. The molecule has 1 aliphatic carbocycles. The van der Waals surface area contributed by atoms with Gasteiger partial charge >= 0.3 is 6.03 Å². The average molecular weight is 227 g/mol. The first-order chi connectivity index (χ1) is 7.63. The molecule has 1 rings (SSSR count). The van der Waals surface area contributed by atoms with Gasteiger partial charge in [-0.05, 0) is 32.2 Å². The van der Waals surface area contributed by atoms with E-state index in [1.165, 1.54) is 19.3 Å². The minimum atomic E-state index is -0.0419. The van der Waals surface area contributed by atoms with Crippen LogP contribution in [-0.2, 0) is 0 Å². The Labute approximate surface area is 98.3 Å². The van der Waals surface area contributed by atoms with Gasteiger partial charge in [-0.2, -0.15) is 0 Å². The Morgan fingerprint density at radius 3 is 2.50 bits per heavy atom. The number of nitrogens with one attached hydrogen (secondary N) is 2. The summed E-state index contributed by atoms with van der Waals surface area (Å²) < 4.78 is 0. The molecule has 2 amide bonds. The quantitative estimate of drug-likeness (QED) is 0.683. The SMILES string of the molecule is CC(CN)C(C)NC(=O)NC1CCCCC1. The van der Waals surface area contributed by atoms with E-state index < -0.39 is 0 Å². The Bertz CT molecular complexity index is 208. The van der Waals surface area contributed by atoms with Crippen molar-refractivity contribution in [2.45, 2.75) is 58.0 Å². The lowest BCUT2D eigenvalue weighted by molar-refractivity contribution is 0.226. The summed E-state index contributed by atoms with van der Waals surface area (Å²) in [5.74, 6) is 0.317. The van der Waals surface area contributed by atoms with Crippen molar-refractivity contribution >= 4 is 6.03 Å². The zero-order valence-electron chi connectivity index (χ0n) is 10.5. The Balaban J connectivity index is 2.23. The van der Waals surface area contributed by atoms with Gasteiger partial charge in [-0.1, -0.05) is 26.2 Å². The second kappa shape index (κ2) is 6.74. The molecular weight excluding hydrogens is 202 g/mol. The lowest BCUT2D eigenvalue weighted by Crippen LogP contribution is -2.48. The summed E-state index contributed by atoms with van der Waals surface area (Å²) in [6.07, 6.45) is 6.02. The Hall–Kier alpha value is -0.770. The van der Waals surface area contributed by atoms with Crippen LogP contribution in [0.2, 0.25) is 0 Å². The first-order valence-corrected chi connectivity index (χ1v) is 6.40. The van der Waals surface area contributed by atoms with Crippen LogP contribution in [0.3, 0.4) is 0 Å². The minimum absolute atomic E-state index is 0.0419. The third-order valence-corrected chi connectivity index (χ3v) is 3.52. The number of nitrogens with two attached hydrogens (primary N) is 1. The first kappa shape index (κ1) is 13.3. The van der Waals surface area contributed by atoms with Gasteiger partial charge in [0.2, 0.25) is 0 Å². The first-order valence-electron chi connectivity index (χ1n) is 6.40. The maximum Gasteiger partial charge on any atom is 0.315 e. The van der Waals surface area contributed by atoms with E-state index in [1.54, 1.807) is 0 Å². The summed E-state index contributed by atoms with van der Waals surface area (Å²) in [6, 6.07) is 0.461. The molecule has 2 unspecified atom stereocenters. The molecule has 0 aromatic rings. The van der Waals surface area contributed by atoms with Crippen molar-refractivity contribution in [3.8, 4) is 0 Å². The van der Waals surface area contributed by atoms with Crippen LogP contribution in [0.1, 0.15) is 46.0 Å². The van der Waals surface area contributed by atoms with Crippen LogP contribution in [0, 0.1) is 5.92 Å². The summed E-state index contributed by atoms with van der Waals surface area (Å²) in [4.78, 5) is 11.7. The van der Waals surface area contributed by atoms with Crippen LogP contribution < -0.4 is 16.4 Å². The van der Waals surface area contributed by atoms with Crippen LogP contribution in [0.15, 0.2) is 0 Å². The normalized spacial score (nSPS) is 21.2. The Morgan fingerprint density at radius 1 is 1.31 bits per heavy atom. The number of carbonyl (C=O) groups excluding carboxylic acids is 1. The molecule has 0 aliphatic heterocycles. The predicted octanol–water partition coefficient (Wildman–Crippen LogP) is 1.60. The maximum absolute atomic E-state index is 11.7. The van der Waals surface area contributed by atoms with Crippen molar-refractivity contribution in [3.63, 3.8) is 0 Å². The van der Waals surface area contributed by atoms with Gasteiger partial charge in [-0.25, -0.2) is 4.79 Å². The third-order valence-electron chi connectivity index (χ3n) is 3.52. The molecule has 0 saturated heterocycles. The number of urea groups is 1. The fourth-order valence-electron chi connectivity index (χ4n) is 2.03. The summed E-state index contributed by atoms with van der Waals surface area (Å²) >= 11 is 0. The lowest BCUT2D eigenvalue weighted by Gasteiger charge is -2.25. The van der Waals surface area contributed by atoms with Crippen molar-refractivity contribution in [1.82, 2.24) is 10.6 Å². The van der Waals surface area contributed by atoms with Crippen molar-refractivity contribution in [2.75, 3.05) is 6.54 Å². The monoisotopic (exact) mass is 227 g/mol. The molecule has 2 atom stereocenters. The maximum atomic E-state index is 11.7. The highest BCUT2D eigenvalue weighted by molar-refractivity contribution is 5.74. The fraction of sp³-hybridized carbons (Fsp3) is 0.917. The number of rotatable bonds is 4.